The highest BCUT2D eigenvalue weighted by atomic mass is 16.3. The summed E-state index contributed by atoms with van der Waals surface area (Å²) in [5.74, 6) is 0.396. The number of rotatable bonds is 6. The Balaban J connectivity index is 1.47. The molecule has 1 atom stereocenters. The Labute approximate surface area is 171 Å². The molecule has 5 heteroatoms. The van der Waals surface area contributed by atoms with Crippen molar-refractivity contribution in [3.05, 3.63) is 71.5 Å². The van der Waals surface area contributed by atoms with Crippen LogP contribution in [-0.4, -0.2) is 18.4 Å². The van der Waals surface area contributed by atoms with E-state index in [1.807, 2.05) is 61.5 Å². The first-order valence-electron chi connectivity index (χ1n) is 9.90. The number of hydrogen-bond acceptors (Lipinski definition) is 3. The molecule has 0 aliphatic rings. The van der Waals surface area contributed by atoms with Crippen LogP contribution in [-0.2, 0) is 10.2 Å². The van der Waals surface area contributed by atoms with Gasteiger partial charge in [-0.25, -0.2) is 0 Å². The van der Waals surface area contributed by atoms with Gasteiger partial charge in [0.25, 0.3) is 5.91 Å². The van der Waals surface area contributed by atoms with Crippen molar-refractivity contribution in [1.29, 1.82) is 0 Å². The fourth-order valence-electron chi connectivity index (χ4n) is 3.11. The molecule has 0 radical (unpaired) electrons. The molecule has 3 aromatic rings. The second kappa shape index (κ2) is 8.52. The average Bonchev–Trinajstić information content (AvgIpc) is 3.12. The molecule has 0 aliphatic heterocycles. The standard InChI is InChI=1S/C24H28N2O3/c1-16(21-15-18-7-5-6-8-20(18)29-21)26-22(27)13-14-25-23(28)17-9-11-19(12-10-17)24(2,3)4/h5-12,15-16H,13-14H2,1-4H3,(H,25,28)(H,26,27)/t16-/m1/s1. The molecule has 152 valence electrons. The summed E-state index contributed by atoms with van der Waals surface area (Å²) < 4.78 is 5.78. The van der Waals surface area contributed by atoms with Crippen LogP contribution in [0, 0.1) is 0 Å². The van der Waals surface area contributed by atoms with Gasteiger partial charge in [0.05, 0.1) is 6.04 Å². The predicted molar refractivity (Wildman–Crippen MR) is 115 cm³/mol. The van der Waals surface area contributed by atoms with Crippen LogP contribution in [0.4, 0.5) is 0 Å². The van der Waals surface area contributed by atoms with Crippen molar-refractivity contribution in [1.82, 2.24) is 10.6 Å². The Bertz CT molecular complexity index is 964. The molecule has 29 heavy (non-hydrogen) atoms. The molecular weight excluding hydrogens is 364 g/mol. The van der Waals surface area contributed by atoms with Gasteiger partial charge in [0.1, 0.15) is 11.3 Å². The number of para-hydroxylation sites is 1. The first-order valence-corrected chi connectivity index (χ1v) is 9.90. The fraction of sp³-hybridized carbons (Fsp3) is 0.333. The van der Waals surface area contributed by atoms with E-state index in [0.29, 0.717) is 11.3 Å². The number of carbonyl (C=O) groups excluding carboxylic acids is 2. The Morgan fingerprint density at radius 3 is 2.38 bits per heavy atom. The molecule has 1 heterocycles. The minimum atomic E-state index is -0.240. The van der Waals surface area contributed by atoms with E-state index in [1.54, 1.807) is 0 Å². The minimum absolute atomic E-state index is 0.0453. The summed E-state index contributed by atoms with van der Waals surface area (Å²) in [6.07, 6.45) is 0.205. The zero-order valence-corrected chi connectivity index (χ0v) is 17.4. The molecule has 3 rings (SSSR count). The molecule has 5 nitrogen and oxygen atoms in total. The molecule has 0 saturated carbocycles. The normalized spacial score (nSPS) is 12.6. The number of carbonyl (C=O) groups is 2. The lowest BCUT2D eigenvalue weighted by molar-refractivity contribution is -0.121. The van der Waals surface area contributed by atoms with Gasteiger partial charge in [0.15, 0.2) is 0 Å². The lowest BCUT2D eigenvalue weighted by Gasteiger charge is -2.19. The molecule has 0 saturated heterocycles. The second-order valence-electron chi connectivity index (χ2n) is 8.31. The summed E-state index contributed by atoms with van der Waals surface area (Å²) in [4.78, 5) is 24.5. The van der Waals surface area contributed by atoms with E-state index < -0.39 is 0 Å². The van der Waals surface area contributed by atoms with Gasteiger partial charge in [-0.15, -0.1) is 0 Å². The highest BCUT2D eigenvalue weighted by Crippen LogP contribution is 2.24. The van der Waals surface area contributed by atoms with Crippen LogP contribution in [0.2, 0.25) is 0 Å². The monoisotopic (exact) mass is 392 g/mol. The van der Waals surface area contributed by atoms with E-state index in [0.717, 1.165) is 11.0 Å². The molecule has 2 amide bonds. The number of fused-ring (bicyclic) bond motifs is 1. The van der Waals surface area contributed by atoms with E-state index in [-0.39, 0.29) is 36.2 Å². The van der Waals surface area contributed by atoms with Crippen LogP contribution in [0.5, 0.6) is 0 Å². The number of amides is 2. The molecule has 0 fully saturated rings. The van der Waals surface area contributed by atoms with Crippen LogP contribution >= 0.6 is 0 Å². The smallest absolute Gasteiger partial charge is 0.251 e. The van der Waals surface area contributed by atoms with Crippen molar-refractivity contribution in [2.24, 2.45) is 0 Å². The molecular formula is C24H28N2O3. The van der Waals surface area contributed by atoms with Crippen LogP contribution in [0.1, 0.15) is 61.8 Å². The van der Waals surface area contributed by atoms with Crippen LogP contribution in [0.3, 0.4) is 0 Å². The first-order chi connectivity index (χ1) is 13.7. The first kappa shape index (κ1) is 20.6. The molecule has 1 aromatic heterocycles. The van der Waals surface area contributed by atoms with E-state index in [1.165, 1.54) is 5.56 Å². The molecule has 0 aliphatic carbocycles. The van der Waals surface area contributed by atoms with Crippen LogP contribution in [0.25, 0.3) is 11.0 Å². The molecule has 2 aromatic carbocycles. The largest absolute Gasteiger partial charge is 0.459 e. The highest BCUT2D eigenvalue weighted by Gasteiger charge is 2.16. The van der Waals surface area contributed by atoms with Crippen LogP contribution < -0.4 is 10.6 Å². The molecule has 0 spiro atoms. The summed E-state index contributed by atoms with van der Waals surface area (Å²) in [6.45, 7) is 8.55. The van der Waals surface area contributed by atoms with Crippen LogP contribution in [0.15, 0.2) is 59.0 Å². The Morgan fingerprint density at radius 2 is 1.72 bits per heavy atom. The van der Waals surface area contributed by atoms with Gasteiger partial charge in [0, 0.05) is 23.9 Å². The number of nitrogens with one attached hydrogen (secondary N) is 2. The van der Waals surface area contributed by atoms with Gasteiger partial charge < -0.3 is 15.1 Å². The van der Waals surface area contributed by atoms with Crippen molar-refractivity contribution >= 4 is 22.8 Å². The predicted octanol–water partition coefficient (Wildman–Crippen LogP) is 4.73. The third-order valence-corrected chi connectivity index (χ3v) is 4.90. The minimum Gasteiger partial charge on any atom is -0.459 e. The lowest BCUT2D eigenvalue weighted by Crippen LogP contribution is -2.32. The molecule has 0 bridgehead atoms. The maximum absolute atomic E-state index is 12.3. The quantitative estimate of drug-likeness (QED) is 0.637. The van der Waals surface area contributed by atoms with E-state index in [2.05, 4.69) is 31.4 Å². The maximum Gasteiger partial charge on any atom is 0.251 e. The van der Waals surface area contributed by atoms with Gasteiger partial charge in [0.2, 0.25) is 5.91 Å². The number of benzene rings is 2. The summed E-state index contributed by atoms with van der Waals surface area (Å²) in [5.41, 5.74) is 2.61. The molecule has 2 N–H and O–H groups in total. The summed E-state index contributed by atoms with van der Waals surface area (Å²) >= 11 is 0. The fourth-order valence-corrected chi connectivity index (χ4v) is 3.11. The van der Waals surface area contributed by atoms with Crippen molar-refractivity contribution in [2.75, 3.05) is 6.54 Å². The maximum atomic E-state index is 12.3. The van der Waals surface area contributed by atoms with Crippen molar-refractivity contribution < 1.29 is 14.0 Å². The van der Waals surface area contributed by atoms with E-state index in [9.17, 15) is 9.59 Å². The topological polar surface area (TPSA) is 71.3 Å². The lowest BCUT2D eigenvalue weighted by atomic mass is 9.87. The van der Waals surface area contributed by atoms with Crippen molar-refractivity contribution in [2.45, 2.75) is 45.6 Å². The summed E-state index contributed by atoms with van der Waals surface area (Å²) in [6, 6.07) is 17.0. The van der Waals surface area contributed by atoms with Gasteiger partial charge in [-0.3, -0.25) is 9.59 Å². The third kappa shape index (κ3) is 5.25. The zero-order chi connectivity index (χ0) is 21.0. The van der Waals surface area contributed by atoms with E-state index >= 15 is 0 Å². The van der Waals surface area contributed by atoms with Gasteiger partial charge in [-0.2, -0.15) is 0 Å². The summed E-state index contributed by atoms with van der Waals surface area (Å²) in [7, 11) is 0. The van der Waals surface area contributed by atoms with E-state index in [4.69, 9.17) is 4.42 Å². The molecule has 0 unspecified atom stereocenters. The van der Waals surface area contributed by atoms with Gasteiger partial charge in [-0.1, -0.05) is 51.1 Å². The van der Waals surface area contributed by atoms with Gasteiger partial charge in [-0.05, 0) is 42.2 Å². The number of hydrogen-bond donors (Lipinski definition) is 2. The Morgan fingerprint density at radius 1 is 1.03 bits per heavy atom. The Hall–Kier alpha value is -3.08. The second-order valence-corrected chi connectivity index (χ2v) is 8.31. The third-order valence-electron chi connectivity index (χ3n) is 4.90. The SMILES string of the molecule is C[C@@H](NC(=O)CCNC(=O)c1ccc(C(C)(C)C)cc1)c1cc2ccccc2o1. The average molecular weight is 392 g/mol. The Kier molecular flexibility index (Phi) is 6.06. The summed E-state index contributed by atoms with van der Waals surface area (Å²) in [5, 5.41) is 6.72. The van der Waals surface area contributed by atoms with Crippen molar-refractivity contribution in [3.63, 3.8) is 0 Å². The highest BCUT2D eigenvalue weighted by molar-refractivity contribution is 5.94. The van der Waals surface area contributed by atoms with Crippen molar-refractivity contribution in [3.8, 4) is 0 Å². The zero-order valence-electron chi connectivity index (χ0n) is 17.4. The van der Waals surface area contributed by atoms with Gasteiger partial charge >= 0.3 is 0 Å². The number of furan rings is 1.